The molecule has 2 nitrogen and oxygen atoms in total. The summed E-state index contributed by atoms with van der Waals surface area (Å²) in [5, 5.41) is 9.92. The number of aliphatic hydroxyl groups is 1. The number of halogens is 1. The summed E-state index contributed by atoms with van der Waals surface area (Å²) >= 11 is 3.20. The normalized spacial score (nSPS) is 14.8. The van der Waals surface area contributed by atoms with Crippen molar-refractivity contribution < 1.29 is 9.52 Å². The third kappa shape index (κ3) is 2.50. The zero-order chi connectivity index (χ0) is 8.97. The lowest BCUT2D eigenvalue weighted by Gasteiger charge is -2.05. The first-order chi connectivity index (χ1) is 5.74. The molecule has 1 N–H and O–H groups in total. The second kappa shape index (κ2) is 4.48. The lowest BCUT2D eigenvalue weighted by atomic mass is 10.1. The molecular formula is C9H11BrO2. The SMILES string of the molecule is C/C(=C\c1ccco1)C(O)CBr. The third-order valence-electron chi connectivity index (χ3n) is 1.58. The zero-order valence-electron chi connectivity index (χ0n) is 6.83. The molecule has 0 fully saturated rings. The number of aliphatic hydroxyl groups excluding tert-OH is 1. The Balaban J connectivity index is 2.69. The van der Waals surface area contributed by atoms with E-state index in [9.17, 15) is 5.11 Å². The minimum absolute atomic E-state index is 0.435. The van der Waals surface area contributed by atoms with Crippen LogP contribution in [0.2, 0.25) is 0 Å². The standard InChI is InChI=1S/C9H11BrO2/c1-7(9(11)6-10)5-8-3-2-4-12-8/h2-5,9,11H,6H2,1H3/b7-5+. The molecule has 0 bridgehead atoms. The van der Waals surface area contributed by atoms with E-state index in [0.29, 0.717) is 5.33 Å². The van der Waals surface area contributed by atoms with E-state index >= 15 is 0 Å². The summed E-state index contributed by atoms with van der Waals surface area (Å²) in [4.78, 5) is 0. The van der Waals surface area contributed by atoms with Gasteiger partial charge in [-0.1, -0.05) is 15.9 Å². The van der Waals surface area contributed by atoms with E-state index in [4.69, 9.17) is 4.42 Å². The molecule has 1 rings (SSSR count). The van der Waals surface area contributed by atoms with Crippen molar-refractivity contribution in [3.63, 3.8) is 0 Å². The molecule has 0 saturated carbocycles. The van der Waals surface area contributed by atoms with E-state index in [1.165, 1.54) is 0 Å². The molecule has 66 valence electrons. The highest BCUT2D eigenvalue weighted by molar-refractivity contribution is 9.09. The molecule has 0 saturated heterocycles. The highest BCUT2D eigenvalue weighted by atomic mass is 79.9. The van der Waals surface area contributed by atoms with Crippen molar-refractivity contribution in [1.29, 1.82) is 0 Å². The molecule has 1 aromatic heterocycles. The van der Waals surface area contributed by atoms with Gasteiger partial charge in [-0.3, -0.25) is 0 Å². The first-order valence-electron chi connectivity index (χ1n) is 3.69. The first-order valence-corrected chi connectivity index (χ1v) is 4.82. The number of furan rings is 1. The van der Waals surface area contributed by atoms with Crippen LogP contribution in [0.5, 0.6) is 0 Å². The van der Waals surface area contributed by atoms with Crippen molar-refractivity contribution >= 4 is 22.0 Å². The van der Waals surface area contributed by atoms with Crippen LogP contribution in [-0.4, -0.2) is 16.5 Å². The molecule has 1 atom stereocenters. The molecular weight excluding hydrogens is 220 g/mol. The van der Waals surface area contributed by atoms with Crippen molar-refractivity contribution in [2.45, 2.75) is 13.0 Å². The lowest BCUT2D eigenvalue weighted by molar-refractivity contribution is 0.238. The van der Waals surface area contributed by atoms with Gasteiger partial charge in [0.05, 0.1) is 12.4 Å². The van der Waals surface area contributed by atoms with E-state index in [1.54, 1.807) is 6.26 Å². The van der Waals surface area contributed by atoms with E-state index in [-0.39, 0.29) is 0 Å². The first kappa shape index (κ1) is 9.55. The van der Waals surface area contributed by atoms with Gasteiger partial charge in [0, 0.05) is 5.33 Å². The predicted octanol–water partition coefficient (Wildman–Crippen LogP) is 2.44. The molecule has 0 aromatic carbocycles. The molecule has 0 radical (unpaired) electrons. The Morgan fingerprint density at radius 1 is 1.83 bits per heavy atom. The maximum atomic E-state index is 9.37. The maximum absolute atomic E-state index is 9.37. The van der Waals surface area contributed by atoms with Crippen molar-refractivity contribution in [2.24, 2.45) is 0 Å². The van der Waals surface area contributed by atoms with Crippen LogP contribution in [0.3, 0.4) is 0 Å². The van der Waals surface area contributed by atoms with Gasteiger partial charge < -0.3 is 9.52 Å². The molecule has 0 aliphatic carbocycles. The Labute approximate surface area is 80.0 Å². The second-order valence-corrected chi connectivity index (χ2v) is 3.22. The van der Waals surface area contributed by atoms with Crippen molar-refractivity contribution in [1.82, 2.24) is 0 Å². The molecule has 12 heavy (non-hydrogen) atoms. The Bertz CT molecular complexity index is 252. The Kier molecular flexibility index (Phi) is 3.56. The molecule has 1 unspecified atom stereocenters. The van der Waals surface area contributed by atoms with Gasteiger partial charge in [-0.2, -0.15) is 0 Å². The van der Waals surface area contributed by atoms with Gasteiger partial charge in [0.15, 0.2) is 0 Å². The van der Waals surface area contributed by atoms with Gasteiger partial charge in [-0.05, 0) is 30.7 Å². The van der Waals surface area contributed by atoms with E-state index < -0.39 is 6.10 Å². The molecule has 0 aliphatic heterocycles. The molecule has 0 amide bonds. The highest BCUT2D eigenvalue weighted by Gasteiger charge is 2.03. The molecule has 0 aliphatic rings. The summed E-state index contributed by atoms with van der Waals surface area (Å²) in [7, 11) is 0. The summed E-state index contributed by atoms with van der Waals surface area (Å²) in [6.07, 6.45) is 3.00. The summed E-state index contributed by atoms with van der Waals surface area (Å²) in [5.74, 6) is 0.771. The number of rotatable bonds is 3. The van der Waals surface area contributed by atoms with Crippen LogP contribution in [0.4, 0.5) is 0 Å². The quantitative estimate of drug-likeness (QED) is 0.810. The number of hydrogen-bond acceptors (Lipinski definition) is 2. The van der Waals surface area contributed by atoms with Gasteiger partial charge in [0.2, 0.25) is 0 Å². The second-order valence-electron chi connectivity index (χ2n) is 2.57. The average molecular weight is 231 g/mol. The molecule has 3 heteroatoms. The van der Waals surface area contributed by atoms with Crippen LogP contribution in [-0.2, 0) is 0 Å². The fourth-order valence-electron chi connectivity index (χ4n) is 0.816. The highest BCUT2D eigenvalue weighted by Crippen LogP contribution is 2.11. The average Bonchev–Trinajstić information content (AvgIpc) is 2.55. The summed E-state index contributed by atoms with van der Waals surface area (Å²) in [6, 6.07) is 3.67. The summed E-state index contributed by atoms with van der Waals surface area (Å²) in [6.45, 7) is 1.87. The molecule has 1 heterocycles. The van der Waals surface area contributed by atoms with Crippen LogP contribution in [0.15, 0.2) is 28.4 Å². The van der Waals surface area contributed by atoms with E-state index in [0.717, 1.165) is 11.3 Å². The van der Waals surface area contributed by atoms with E-state index in [1.807, 2.05) is 25.1 Å². The molecule has 0 spiro atoms. The van der Waals surface area contributed by atoms with Crippen LogP contribution >= 0.6 is 15.9 Å². The van der Waals surface area contributed by atoms with Gasteiger partial charge in [0.1, 0.15) is 5.76 Å². The number of alkyl halides is 1. The lowest BCUT2D eigenvalue weighted by Crippen LogP contribution is -2.08. The summed E-state index contributed by atoms with van der Waals surface area (Å²) < 4.78 is 5.10. The smallest absolute Gasteiger partial charge is 0.126 e. The van der Waals surface area contributed by atoms with E-state index in [2.05, 4.69) is 15.9 Å². The van der Waals surface area contributed by atoms with Crippen molar-refractivity contribution in [3.8, 4) is 0 Å². The fraction of sp³-hybridized carbons (Fsp3) is 0.333. The zero-order valence-corrected chi connectivity index (χ0v) is 8.41. The van der Waals surface area contributed by atoms with Gasteiger partial charge in [-0.15, -0.1) is 0 Å². The summed E-state index contributed by atoms with van der Waals surface area (Å²) in [5.41, 5.74) is 0.891. The van der Waals surface area contributed by atoms with Crippen LogP contribution in [0.1, 0.15) is 12.7 Å². The van der Waals surface area contributed by atoms with Gasteiger partial charge in [0.25, 0.3) is 0 Å². The predicted molar refractivity (Wildman–Crippen MR) is 52.2 cm³/mol. The molecule has 1 aromatic rings. The van der Waals surface area contributed by atoms with Crippen LogP contribution in [0.25, 0.3) is 6.08 Å². The minimum atomic E-state index is -0.435. The third-order valence-corrected chi connectivity index (χ3v) is 2.20. The fourth-order valence-corrected chi connectivity index (χ4v) is 1.33. The Morgan fingerprint density at radius 3 is 3.08 bits per heavy atom. The monoisotopic (exact) mass is 230 g/mol. The van der Waals surface area contributed by atoms with Gasteiger partial charge >= 0.3 is 0 Å². The van der Waals surface area contributed by atoms with Crippen molar-refractivity contribution in [2.75, 3.05) is 5.33 Å². The maximum Gasteiger partial charge on any atom is 0.126 e. The van der Waals surface area contributed by atoms with Gasteiger partial charge in [-0.25, -0.2) is 0 Å². The van der Waals surface area contributed by atoms with Crippen molar-refractivity contribution in [3.05, 3.63) is 29.7 Å². The number of hydrogen-bond donors (Lipinski definition) is 1. The van der Waals surface area contributed by atoms with Crippen LogP contribution < -0.4 is 0 Å². The topological polar surface area (TPSA) is 33.4 Å². The largest absolute Gasteiger partial charge is 0.465 e. The Morgan fingerprint density at radius 2 is 2.58 bits per heavy atom. The van der Waals surface area contributed by atoms with Crippen LogP contribution in [0, 0.1) is 0 Å². The Hall–Kier alpha value is -0.540. The minimum Gasteiger partial charge on any atom is -0.465 e.